The predicted octanol–water partition coefficient (Wildman–Crippen LogP) is 21.0. The first kappa shape index (κ1) is 87.3. The average molecular weight is 1580 g/mol. The van der Waals surface area contributed by atoms with Crippen molar-refractivity contribution in [2.24, 2.45) is 5.11 Å². The molecule has 0 aliphatic heterocycles. The van der Waals surface area contributed by atoms with Gasteiger partial charge in [0.25, 0.3) is 5.56 Å². The van der Waals surface area contributed by atoms with E-state index in [0.717, 1.165) is 82.3 Å². The van der Waals surface area contributed by atoms with E-state index in [9.17, 15) is 23.7 Å². The zero-order chi connectivity index (χ0) is 77.6. The number of carboxylic acids is 1. The summed E-state index contributed by atoms with van der Waals surface area (Å²) in [5.41, 5.74) is 25.4. The fourth-order valence-corrected chi connectivity index (χ4v) is 10.9. The molecule has 0 unspecified atom stereocenters. The Morgan fingerprint density at radius 2 is 0.899 bits per heavy atom. The number of benzene rings is 12. The number of hydrogen-bond acceptors (Lipinski definition) is 10. The molecule has 12 aromatic carbocycles. The van der Waals surface area contributed by atoms with Crippen LogP contribution in [0.4, 0.5) is 4.79 Å². The van der Waals surface area contributed by atoms with E-state index in [0.29, 0.717) is 17.2 Å². The average Bonchev–Trinajstić information content (AvgIpc) is 1.23. The van der Waals surface area contributed by atoms with Crippen LogP contribution >= 0.6 is 62.1 Å². The number of azide groups is 1. The summed E-state index contributed by atoms with van der Waals surface area (Å²) in [7, 11) is -1.34. The standard InChI is InChI=1S/C19H13N.C13H8ClN.C13H9N3O.C13H9NO.C13H10O2.C6H7BO2.C3H5ClO2.C3H6.Cl3OP.N3.Na/c1-2-7-15(8-3-1)19-18-11-10-14-6-4-5-9-16(14)17(18)12-13-20-19;14-13-12-6-5-9-3-1-2-4-10(9)11(12)7-8-15-13;14-16-15-13(17)9-8-11-6-3-5-10-4-1-2-7-12(10)11;15-13-12-6-5-9-3-1-2-4-10(9)11(12)7-8-14-13;14-13(15)9-8-11-6-3-5-10-4-1-2-7-12(10)11;8-7(9)6-4-2-1-3-5-6;1-2-6-3(4)5;1-2-3-1;1-5(2,3)4;1-3-2;/h1-13H;1-8H;1-9H;1-8H,(H,14,15);1-9H,(H,14,15);1-5,8-9H;2H2,1H3;1-3H2;;;/q;;;;;;;;;-1;+1/b;;9-8+;;9-8+;;;;;;. The summed E-state index contributed by atoms with van der Waals surface area (Å²) in [4.78, 5) is 57.9. The maximum atomic E-state index is 11.6. The number of nitrogens with zero attached hydrogens (tertiary/aromatic N) is 8. The summed E-state index contributed by atoms with van der Waals surface area (Å²) in [5, 5.41) is 44.1. The van der Waals surface area contributed by atoms with Gasteiger partial charge < -0.3 is 35.9 Å². The van der Waals surface area contributed by atoms with Crippen LogP contribution in [0.3, 0.4) is 0 Å². The number of aromatic nitrogens is 3. The molecular weight excluding hydrogens is 1510 g/mol. The van der Waals surface area contributed by atoms with Crippen molar-refractivity contribution in [1.29, 1.82) is 0 Å². The van der Waals surface area contributed by atoms with Crippen LogP contribution < -0.4 is 40.6 Å². The molecule has 1 fully saturated rings. The molecule has 0 atom stereocenters. The van der Waals surface area contributed by atoms with Crippen LogP contribution in [0.15, 0.2) is 314 Å². The van der Waals surface area contributed by atoms with Crippen LogP contribution in [0.5, 0.6) is 0 Å². The molecule has 4 N–H and O–H groups in total. The Bertz CT molecular complexity index is 5780. The van der Waals surface area contributed by atoms with Gasteiger partial charge >= 0.3 is 53.3 Å². The first-order valence-electron chi connectivity index (χ1n) is 33.0. The van der Waals surface area contributed by atoms with Crippen molar-refractivity contribution in [2.45, 2.75) is 26.2 Å². The first-order chi connectivity index (χ1) is 52.2. The van der Waals surface area contributed by atoms with Crippen LogP contribution in [0.2, 0.25) is 5.15 Å². The fourth-order valence-electron chi connectivity index (χ4n) is 10.5. The SMILES string of the molecule is C1CC1.CCOC(=O)Cl.Clc1nccc2c1ccc1ccccc12.O=C(O)/C=C/c1cccc2ccccc12.O=P(Cl)(Cl)Cl.O=c1[nH]ccc2c1ccc1ccccc12.OB(O)c1ccccc1.[N-]=[N+]=NC(=O)/C=C/c1cccc2ccccc12.[N-]=[N+]=[N-].[Na+].c1ccc(-c2nccc3c2ccc2ccccc23)cc1. The number of rotatable bonds is 7. The van der Waals surface area contributed by atoms with Crippen LogP contribution in [0.1, 0.15) is 37.3 Å². The van der Waals surface area contributed by atoms with Gasteiger partial charge in [-0.05, 0) is 174 Å². The molecule has 15 aromatic rings. The molecule has 1 aliphatic rings. The van der Waals surface area contributed by atoms with Crippen molar-refractivity contribution in [3.63, 3.8) is 0 Å². The van der Waals surface area contributed by atoms with Gasteiger partial charge in [-0.15, -0.1) is 0 Å². The van der Waals surface area contributed by atoms with Crippen LogP contribution in [0.25, 0.3) is 136 Å². The van der Waals surface area contributed by atoms with Crippen LogP contribution in [0, 0.1) is 0 Å². The van der Waals surface area contributed by atoms with E-state index in [-0.39, 0.29) is 35.1 Å². The van der Waals surface area contributed by atoms with Gasteiger partial charge in [0.1, 0.15) is 5.15 Å². The smallest absolute Gasteiger partial charge is 0.478 e. The van der Waals surface area contributed by atoms with Gasteiger partial charge in [0.2, 0.25) is 5.91 Å². The van der Waals surface area contributed by atoms with E-state index < -0.39 is 29.6 Å². The van der Waals surface area contributed by atoms with E-state index in [2.05, 4.69) is 154 Å². The van der Waals surface area contributed by atoms with E-state index in [1.165, 1.54) is 62.6 Å². The summed E-state index contributed by atoms with van der Waals surface area (Å²) in [6, 6.07) is 89.6. The number of H-pyrrole nitrogens is 1. The quantitative estimate of drug-likeness (QED) is 0.0134. The Kier molecular flexibility index (Phi) is 37.3. The third kappa shape index (κ3) is 29.1. The molecule has 0 saturated heterocycles. The van der Waals surface area contributed by atoms with Crippen LogP contribution in [-0.4, -0.2) is 61.1 Å². The van der Waals surface area contributed by atoms with Crippen molar-refractivity contribution < 1.29 is 68.4 Å². The second-order valence-corrected chi connectivity index (χ2v) is 29.9. The first-order valence-corrected chi connectivity index (χ1v) is 38.2. The van der Waals surface area contributed by atoms with Crippen molar-refractivity contribution in [3.8, 4) is 11.3 Å². The van der Waals surface area contributed by atoms with Gasteiger partial charge in [-0.2, -0.15) is 0 Å². The molecule has 3 aromatic heterocycles. The van der Waals surface area contributed by atoms with Gasteiger partial charge in [0, 0.05) is 62.9 Å². The number of ether oxygens (including phenoxy) is 1. The minimum atomic E-state index is -3.22. The van der Waals surface area contributed by atoms with Crippen molar-refractivity contribution >= 4 is 190 Å². The van der Waals surface area contributed by atoms with E-state index in [1.807, 2.05) is 164 Å². The molecule has 16 rings (SSSR count). The fraction of sp³-hybridized carbons (Fsp3) is 0.0602. The third-order valence-corrected chi connectivity index (χ3v) is 15.7. The number of fused-ring (bicyclic) bond motifs is 11. The molecule has 18 nitrogen and oxygen atoms in total. The van der Waals surface area contributed by atoms with Crippen molar-refractivity contribution in [2.75, 3.05) is 6.61 Å². The Morgan fingerprint density at radius 3 is 1.32 bits per heavy atom. The molecule has 3 heterocycles. The molecule has 1 aliphatic carbocycles. The van der Waals surface area contributed by atoms with Gasteiger partial charge in [0.15, 0.2) is 0 Å². The van der Waals surface area contributed by atoms with E-state index in [1.54, 1.807) is 55.7 Å². The zero-order valence-electron chi connectivity index (χ0n) is 58.6. The number of nitrogens with one attached hydrogen (secondary N) is 1. The number of aliphatic carboxylic acids is 1. The van der Waals surface area contributed by atoms with Gasteiger partial charge in [-0.3, -0.25) is 24.0 Å². The maximum Gasteiger partial charge on any atom is 1.00 e. The zero-order valence-corrected chi connectivity index (χ0v) is 65.3. The van der Waals surface area contributed by atoms with E-state index in [4.69, 9.17) is 54.9 Å². The summed E-state index contributed by atoms with van der Waals surface area (Å²) >= 11 is 24.6. The third-order valence-electron chi connectivity index (χ3n) is 15.3. The normalized spacial score (nSPS) is 10.6. The molecule has 1 amide bonds. The molecular formula is C83H67BCl5N9NaO9P. The number of pyridine rings is 3. The second kappa shape index (κ2) is 46.5. The number of carbonyl (C=O) groups is 3. The Hall–Kier alpha value is -10.7. The van der Waals surface area contributed by atoms with Gasteiger partial charge in [0.05, 0.1) is 12.3 Å². The summed E-state index contributed by atoms with van der Waals surface area (Å²) in [5.74, 6) is -1.52. The summed E-state index contributed by atoms with van der Waals surface area (Å²) in [6.07, 6.45) is 15.5. The minimum absolute atomic E-state index is 0. The summed E-state index contributed by atoms with van der Waals surface area (Å²) < 4.78 is 13.7. The van der Waals surface area contributed by atoms with Gasteiger partial charge in [-0.25, -0.2) is 14.6 Å². The molecule has 109 heavy (non-hydrogen) atoms. The molecule has 1 saturated carbocycles. The largest absolute Gasteiger partial charge is 1.00 e. The number of halogens is 5. The monoisotopic (exact) mass is 1570 g/mol. The number of hydrogen-bond donors (Lipinski definition) is 4. The van der Waals surface area contributed by atoms with Crippen LogP contribution in [-0.2, 0) is 18.9 Å². The molecule has 0 radical (unpaired) electrons. The second-order valence-electron chi connectivity index (χ2n) is 22.6. The number of carbonyl (C=O) groups excluding carboxylic acids is 2. The Morgan fingerprint density at radius 1 is 0.514 bits per heavy atom. The predicted molar refractivity (Wildman–Crippen MR) is 447 cm³/mol. The van der Waals surface area contributed by atoms with E-state index >= 15 is 0 Å². The minimum Gasteiger partial charge on any atom is -0.478 e. The van der Waals surface area contributed by atoms with Crippen molar-refractivity contribution in [1.82, 2.24) is 15.0 Å². The molecule has 0 bridgehead atoms. The Labute approximate surface area is 674 Å². The topological polar surface area (TPSA) is 304 Å². The number of aromatic amines is 1. The molecule has 26 heteroatoms. The number of carboxylic acid groups (broad SMARTS) is 1. The Balaban J connectivity index is 0.000000197. The molecule has 0 spiro atoms. The maximum absolute atomic E-state index is 11.6. The summed E-state index contributed by atoms with van der Waals surface area (Å²) in [6.45, 7) is 2.04. The van der Waals surface area contributed by atoms with Gasteiger partial charge in [-0.1, -0.05) is 286 Å². The number of amides is 1. The van der Waals surface area contributed by atoms with Crippen molar-refractivity contribution in [3.05, 3.63) is 357 Å². The molecule has 542 valence electrons.